The SMILES string of the molecule is CCC(=O)CNC(=O)c1ccc(CNC(C)(C)C)cc1. The third-order valence-corrected chi connectivity index (χ3v) is 2.88. The topological polar surface area (TPSA) is 58.2 Å². The molecule has 4 nitrogen and oxygen atoms in total. The first-order valence-corrected chi connectivity index (χ1v) is 6.95. The molecule has 1 aromatic rings. The average Bonchev–Trinajstić information content (AvgIpc) is 2.41. The Labute approximate surface area is 121 Å². The summed E-state index contributed by atoms with van der Waals surface area (Å²) in [4.78, 5) is 23.0. The summed E-state index contributed by atoms with van der Waals surface area (Å²) < 4.78 is 0. The lowest BCUT2D eigenvalue weighted by atomic mass is 10.1. The van der Waals surface area contributed by atoms with Gasteiger partial charge in [0.05, 0.1) is 6.54 Å². The molecular formula is C16H24N2O2. The zero-order valence-corrected chi connectivity index (χ0v) is 12.7. The number of amides is 1. The molecule has 1 aromatic carbocycles. The highest BCUT2D eigenvalue weighted by Crippen LogP contribution is 2.07. The van der Waals surface area contributed by atoms with Crippen LogP contribution < -0.4 is 10.6 Å². The lowest BCUT2D eigenvalue weighted by Gasteiger charge is -2.20. The van der Waals surface area contributed by atoms with Crippen molar-refractivity contribution in [1.29, 1.82) is 0 Å². The van der Waals surface area contributed by atoms with Crippen LogP contribution in [0.25, 0.3) is 0 Å². The van der Waals surface area contributed by atoms with Crippen molar-refractivity contribution in [2.24, 2.45) is 0 Å². The molecule has 0 unspecified atom stereocenters. The number of hydrogen-bond acceptors (Lipinski definition) is 3. The van der Waals surface area contributed by atoms with E-state index in [4.69, 9.17) is 0 Å². The van der Waals surface area contributed by atoms with Gasteiger partial charge in [0.1, 0.15) is 0 Å². The quantitative estimate of drug-likeness (QED) is 0.838. The van der Waals surface area contributed by atoms with Crippen LogP contribution in [0.4, 0.5) is 0 Å². The van der Waals surface area contributed by atoms with Crippen molar-refractivity contribution in [1.82, 2.24) is 10.6 Å². The first-order valence-electron chi connectivity index (χ1n) is 6.95. The fourth-order valence-electron chi connectivity index (χ4n) is 1.55. The lowest BCUT2D eigenvalue weighted by molar-refractivity contribution is -0.117. The van der Waals surface area contributed by atoms with Crippen LogP contribution in [-0.4, -0.2) is 23.8 Å². The third-order valence-electron chi connectivity index (χ3n) is 2.88. The predicted octanol–water partition coefficient (Wildman–Crippen LogP) is 2.28. The summed E-state index contributed by atoms with van der Waals surface area (Å²) in [5.41, 5.74) is 1.77. The summed E-state index contributed by atoms with van der Waals surface area (Å²) >= 11 is 0. The van der Waals surface area contributed by atoms with Crippen molar-refractivity contribution in [3.63, 3.8) is 0 Å². The summed E-state index contributed by atoms with van der Waals surface area (Å²) in [6.45, 7) is 8.98. The molecule has 1 amide bonds. The van der Waals surface area contributed by atoms with Gasteiger partial charge in [0, 0.05) is 24.1 Å². The molecule has 0 spiro atoms. The van der Waals surface area contributed by atoms with Gasteiger partial charge in [-0.2, -0.15) is 0 Å². The number of ketones is 1. The van der Waals surface area contributed by atoms with Gasteiger partial charge in [-0.1, -0.05) is 19.1 Å². The molecule has 0 radical (unpaired) electrons. The van der Waals surface area contributed by atoms with E-state index in [2.05, 4.69) is 31.4 Å². The Balaban J connectivity index is 2.53. The molecule has 0 atom stereocenters. The minimum atomic E-state index is -0.206. The van der Waals surface area contributed by atoms with Gasteiger partial charge >= 0.3 is 0 Å². The van der Waals surface area contributed by atoms with Gasteiger partial charge < -0.3 is 10.6 Å². The van der Waals surface area contributed by atoms with Crippen molar-refractivity contribution in [2.75, 3.05) is 6.54 Å². The van der Waals surface area contributed by atoms with Gasteiger partial charge in [-0.3, -0.25) is 9.59 Å². The second kappa shape index (κ2) is 7.20. The van der Waals surface area contributed by atoms with Crippen LogP contribution in [0.2, 0.25) is 0 Å². The van der Waals surface area contributed by atoms with Crippen molar-refractivity contribution >= 4 is 11.7 Å². The highest BCUT2D eigenvalue weighted by Gasteiger charge is 2.09. The van der Waals surface area contributed by atoms with Crippen LogP contribution in [0.1, 0.15) is 50.0 Å². The minimum absolute atomic E-state index is 0.0318. The van der Waals surface area contributed by atoms with Gasteiger partial charge in [-0.25, -0.2) is 0 Å². The normalized spacial score (nSPS) is 11.2. The standard InChI is InChI=1S/C16H24N2O2/c1-5-14(19)11-17-15(20)13-8-6-12(7-9-13)10-18-16(2,3)4/h6-9,18H,5,10-11H2,1-4H3,(H,17,20). The molecule has 0 fully saturated rings. The summed E-state index contributed by atoms with van der Waals surface area (Å²) in [6.07, 6.45) is 0.442. The Morgan fingerprint density at radius 1 is 1.10 bits per heavy atom. The smallest absolute Gasteiger partial charge is 0.251 e. The monoisotopic (exact) mass is 276 g/mol. The van der Waals surface area contributed by atoms with E-state index >= 15 is 0 Å². The fraction of sp³-hybridized carbons (Fsp3) is 0.500. The molecule has 0 saturated heterocycles. The Kier molecular flexibility index (Phi) is 5.89. The van der Waals surface area contributed by atoms with E-state index in [-0.39, 0.29) is 23.8 Å². The predicted molar refractivity (Wildman–Crippen MR) is 80.7 cm³/mol. The number of rotatable bonds is 6. The summed E-state index contributed by atoms with van der Waals surface area (Å²) in [7, 11) is 0. The number of carbonyl (C=O) groups is 2. The van der Waals surface area contributed by atoms with E-state index in [0.717, 1.165) is 12.1 Å². The maximum atomic E-state index is 11.8. The van der Waals surface area contributed by atoms with E-state index in [9.17, 15) is 9.59 Å². The Morgan fingerprint density at radius 3 is 2.20 bits per heavy atom. The molecule has 1 rings (SSSR count). The second-order valence-electron chi connectivity index (χ2n) is 5.88. The molecular weight excluding hydrogens is 252 g/mol. The molecule has 0 heterocycles. The maximum absolute atomic E-state index is 11.8. The molecule has 0 aromatic heterocycles. The summed E-state index contributed by atoms with van der Waals surface area (Å²) in [5.74, 6) is -0.175. The summed E-state index contributed by atoms with van der Waals surface area (Å²) in [5, 5.41) is 6.01. The van der Waals surface area contributed by atoms with Crippen LogP contribution in [0.5, 0.6) is 0 Å². The van der Waals surface area contributed by atoms with Crippen LogP contribution in [0.3, 0.4) is 0 Å². The van der Waals surface area contributed by atoms with E-state index in [0.29, 0.717) is 12.0 Å². The number of hydrogen-bond donors (Lipinski definition) is 2. The van der Waals surface area contributed by atoms with E-state index in [1.165, 1.54) is 0 Å². The zero-order chi connectivity index (χ0) is 15.2. The third kappa shape index (κ3) is 5.97. The van der Waals surface area contributed by atoms with E-state index < -0.39 is 0 Å². The number of nitrogens with one attached hydrogen (secondary N) is 2. The van der Waals surface area contributed by atoms with E-state index in [1.807, 2.05) is 12.1 Å². The molecule has 0 bridgehead atoms. The molecule has 0 aliphatic rings. The molecule has 0 aliphatic carbocycles. The van der Waals surface area contributed by atoms with Crippen molar-refractivity contribution < 1.29 is 9.59 Å². The first-order chi connectivity index (χ1) is 9.31. The van der Waals surface area contributed by atoms with Crippen molar-refractivity contribution in [3.05, 3.63) is 35.4 Å². The van der Waals surface area contributed by atoms with Crippen LogP contribution in [-0.2, 0) is 11.3 Å². The molecule has 110 valence electrons. The minimum Gasteiger partial charge on any atom is -0.345 e. The van der Waals surface area contributed by atoms with Gasteiger partial charge in [0.2, 0.25) is 0 Å². The highest BCUT2D eigenvalue weighted by atomic mass is 16.2. The van der Waals surface area contributed by atoms with Crippen LogP contribution in [0, 0.1) is 0 Å². The molecule has 4 heteroatoms. The first kappa shape index (κ1) is 16.4. The van der Waals surface area contributed by atoms with Gasteiger partial charge in [0.25, 0.3) is 5.91 Å². The van der Waals surface area contributed by atoms with E-state index in [1.54, 1.807) is 19.1 Å². The fourth-order valence-corrected chi connectivity index (χ4v) is 1.55. The molecule has 2 N–H and O–H groups in total. The second-order valence-corrected chi connectivity index (χ2v) is 5.88. The largest absolute Gasteiger partial charge is 0.345 e. The average molecular weight is 276 g/mol. The van der Waals surface area contributed by atoms with Crippen LogP contribution in [0.15, 0.2) is 24.3 Å². The van der Waals surface area contributed by atoms with Crippen molar-refractivity contribution in [2.45, 2.75) is 46.2 Å². The zero-order valence-electron chi connectivity index (χ0n) is 12.7. The Morgan fingerprint density at radius 2 is 1.70 bits per heavy atom. The Hall–Kier alpha value is -1.68. The highest BCUT2D eigenvalue weighted by molar-refractivity contribution is 5.96. The van der Waals surface area contributed by atoms with Gasteiger partial charge in [-0.05, 0) is 38.5 Å². The lowest BCUT2D eigenvalue weighted by Crippen LogP contribution is -2.35. The molecule has 20 heavy (non-hydrogen) atoms. The number of Topliss-reactive ketones (excluding diaryl/α,β-unsaturated/α-hetero) is 1. The molecule has 0 saturated carbocycles. The Bertz CT molecular complexity index is 458. The molecule has 0 aliphatic heterocycles. The number of benzene rings is 1. The van der Waals surface area contributed by atoms with Gasteiger partial charge in [0.15, 0.2) is 5.78 Å². The van der Waals surface area contributed by atoms with Crippen LogP contribution >= 0.6 is 0 Å². The summed E-state index contributed by atoms with van der Waals surface area (Å²) in [6, 6.07) is 7.42. The van der Waals surface area contributed by atoms with Gasteiger partial charge in [-0.15, -0.1) is 0 Å². The maximum Gasteiger partial charge on any atom is 0.251 e. The van der Waals surface area contributed by atoms with Crippen molar-refractivity contribution in [3.8, 4) is 0 Å². The number of carbonyl (C=O) groups excluding carboxylic acids is 2.